The van der Waals surface area contributed by atoms with E-state index in [-0.39, 0.29) is 5.41 Å². The summed E-state index contributed by atoms with van der Waals surface area (Å²) in [5, 5.41) is 0. The molecule has 3 heteroatoms. The number of nitrogens with two attached hydrogens (primary N) is 1. The van der Waals surface area contributed by atoms with Crippen LogP contribution < -0.4 is 5.73 Å². The highest BCUT2D eigenvalue weighted by Crippen LogP contribution is 2.22. The summed E-state index contributed by atoms with van der Waals surface area (Å²) < 4.78 is 17.2. The third kappa shape index (κ3) is 1.60. The van der Waals surface area contributed by atoms with Crippen molar-refractivity contribution >= 4 is 0 Å². The average Bonchev–Trinajstić information content (AvgIpc) is 2.36. The van der Waals surface area contributed by atoms with E-state index in [1.807, 2.05) is 13.8 Å². The Morgan fingerprint density at radius 1 is 1.55 bits per heavy atom. The summed E-state index contributed by atoms with van der Waals surface area (Å²) in [7, 11) is 0. The number of rotatable bonds is 2. The molecule has 0 amide bonds. The van der Waals surface area contributed by atoms with Crippen LogP contribution in [0.4, 0.5) is 4.39 Å². The molecule has 0 saturated heterocycles. The Hall–Kier alpha value is -0.830. The van der Waals surface area contributed by atoms with Crippen LogP contribution >= 0.6 is 0 Å². The fraction of sp³-hybridized carbons (Fsp3) is 0.500. The molecule has 0 aliphatic rings. The molecule has 0 radical (unpaired) electrons. The van der Waals surface area contributed by atoms with Crippen molar-refractivity contribution in [1.82, 2.24) is 0 Å². The fourth-order valence-electron chi connectivity index (χ4n) is 0.779. The second-order valence-corrected chi connectivity index (χ2v) is 3.19. The van der Waals surface area contributed by atoms with Crippen LogP contribution in [0.1, 0.15) is 19.6 Å². The maximum Gasteiger partial charge on any atom is 0.277 e. The molecule has 1 rings (SSSR count). The molecular weight excluding hydrogens is 145 g/mol. The lowest BCUT2D eigenvalue weighted by Crippen LogP contribution is -2.27. The average molecular weight is 157 g/mol. The number of furan rings is 1. The summed E-state index contributed by atoms with van der Waals surface area (Å²) in [6, 6.07) is 2.36. The molecule has 11 heavy (non-hydrogen) atoms. The number of hydrogen-bond donors (Lipinski definition) is 1. The zero-order chi connectivity index (χ0) is 8.48. The first-order valence-corrected chi connectivity index (χ1v) is 3.52. The summed E-state index contributed by atoms with van der Waals surface area (Å²) in [5.74, 6) is 0.595. The van der Waals surface area contributed by atoms with E-state index in [2.05, 4.69) is 0 Å². The highest BCUT2D eigenvalue weighted by Gasteiger charge is 2.22. The fourth-order valence-corrected chi connectivity index (χ4v) is 0.779. The Labute approximate surface area is 65.2 Å². The molecule has 1 aromatic heterocycles. The van der Waals surface area contributed by atoms with Crippen molar-refractivity contribution in [2.45, 2.75) is 19.3 Å². The second kappa shape index (κ2) is 2.66. The van der Waals surface area contributed by atoms with Gasteiger partial charge in [0, 0.05) is 18.0 Å². The standard InChI is InChI=1S/C8H12FNO/c1-8(2,5-10)6-3-4-7(9)11-6/h3-4H,5,10H2,1-2H3. The van der Waals surface area contributed by atoms with Gasteiger partial charge in [-0.15, -0.1) is 0 Å². The van der Waals surface area contributed by atoms with Gasteiger partial charge in [0.05, 0.1) is 0 Å². The van der Waals surface area contributed by atoms with Gasteiger partial charge in [-0.05, 0) is 6.07 Å². The molecule has 0 unspecified atom stereocenters. The van der Waals surface area contributed by atoms with Crippen molar-refractivity contribution in [2.75, 3.05) is 6.54 Å². The van der Waals surface area contributed by atoms with Gasteiger partial charge in [0.15, 0.2) is 0 Å². The van der Waals surface area contributed by atoms with Crippen molar-refractivity contribution in [3.8, 4) is 0 Å². The molecular formula is C8H12FNO. The summed E-state index contributed by atoms with van der Waals surface area (Å²) >= 11 is 0. The quantitative estimate of drug-likeness (QED) is 0.709. The molecule has 0 atom stereocenters. The normalized spacial score (nSPS) is 12.0. The molecule has 2 N–H and O–H groups in total. The summed E-state index contributed by atoms with van der Waals surface area (Å²) in [4.78, 5) is 0. The van der Waals surface area contributed by atoms with Gasteiger partial charge in [-0.3, -0.25) is 0 Å². The lowest BCUT2D eigenvalue weighted by molar-refractivity contribution is 0.297. The van der Waals surface area contributed by atoms with Gasteiger partial charge in [0.1, 0.15) is 5.76 Å². The Bertz CT molecular complexity index is 242. The first-order chi connectivity index (χ1) is 5.06. The Morgan fingerprint density at radius 2 is 2.18 bits per heavy atom. The zero-order valence-electron chi connectivity index (χ0n) is 6.73. The monoisotopic (exact) mass is 157 g/mol. The highest BCUT2D eigenvalue weighted by molar-refractivity contribution is 5.11. The maximum atomic E-state index is 12.4. The SMILES string of the molecule is CC(C)(CN)c1ccc(F)o1. The predicted molar refractivity (Wildman–Crippen MR) is 40.7 cm³/mol. The molecule has 0 aromatic carbocycles. The predicted octanol–water partition coefficient (Wildman–Crippen LogP) is 1.66. The van der Waals surface area contributed by atoms with Crippen LogP contribution in [-0.4, -0.2) is 6.54 Å². The van der Waals surface area contributed by atoms with E-state index in [9.17, 15) is 4.39 Å². The van der Waals surface area contributed by atoms with Crippen LogP contribution in [0, 0.1) is 6.01 Å². The largest absolute Gasteiger partial charge is 0.436 e. The minimum absolute atomic E-state index is 0.273. The first-order valence-electron chi connectivity index (χ1n) is 3.52. The van der Waals surface area contributed by atoms with Gasteiger partial charge >= 0.3 is 0 Å². The zero-order valence-corrected chi connectivity index (χ0v) is 6.73. The van der Waals surface area contributed by atoms with Gasteiger partial charge in [0.2, 0.25) is 0 Å². The molecule has 0 aliphatic carbocycles. The molecule has 62 valence electrons. The minimum Gasteiger partial charge on any atom is -0.436 e. The molecule has 0 fully saturated rings. The number of hydrogen-bond acceptors (Lipinski definition) is 2. The van der Waals surface area contributed by atoms with Crippen LogP contribution in [0.3, 0.4) is 0 Å². The Morgan fingerprint density at radius 3 is 2.55 bits per heavy atom. The molecule has 0 aliphatic heterocycles. The maximum absolute atomic E-state index is 12.4. The van der Waals surface area contributed by atoms with Crippen molar-refractivity contribution in [2.24, 2.45) is 5.73 Å². The van der Waals surface area contributed by atoms with Crippen molar-refractivity contribution < 1.29 is 8.81 Å². The van der Waals surface area contributed by atoms with Crippen molar-refractivity contribution in [3.63, 3.8) is 0 Å². The van der Waals surface area contributed by atoms with Crippen LogP contribution in [0.15, 0.2) is 16.5 Å². The second-order valence-electron chi connectivity index (χ2n) is 3.19. The van der Waals surface area contributed by atoms with E-state index < -0.39 is 6.01 Å². The van der Waals surface area contributed by atoms with Gasteiger partial charge in [-0.1, -0.05) is 13.8 Å². The molecule has 0 saturated carbocycles. The van der Waals surface area contributed by atoms with Gasteiger partial charge < -0.3 is 10.2 Å². The minimum atomic E-state index is -0.554. The lowest BCUT2D eigenvalue weighted by atomic mass is 9.91. The van der Waals surface area contributed by atoms with Crippen molar-refractivity contribution in [1.29, 1.82) is 0 Å². The van der Waals surface area contributed by atoms with E-state index in [0.717, 1.165) is 0 Å². The third-order valence-electron chi connectivity index (χ3n) is 1.75. The van der Waals surface area contributed by atoms with E-state index >= 15 is 0 Å². The smallest absolute Gasteiger partial charge is 0.277 e. The van der Waals surface area contributed by atoms with Crippen LogP contribution in [0.5, 0.6) is 0 Å². The topological polar surface area (TPSA) is 39.2 Å². The Balaban J connectivity index is 2.92. The van der Waals surface area contributed by atoms with E-state index in [1.165, 1.54) is 6.07 Å². The lowest BCUT2D eigenvalue weighted by Gasteiger charge is -2.18. The van der Waals surface area contributed by atoms with Crippen LogP contribution in [0.2, 0.25) is 0 Å². The van der Waals surface area contributed by atoms with Crippen LogP contribution in [-0.2, 0) is 5.41 Å². The molecule has 0 spiro atoms. The molecule has 2 nitrogen and oxygen atoms in total. The van der Waals surface area contributed by atoms with Gasteiger partial charge in [-0.2, -0.15) is 4.39 Å². The number of halogens is 1. The van der Waals surface area contributed by atoms with Gasteiger partial charge in [-0.25, -0.2) is 0 Å². The summed E-state index contributed by atoms with van der Waals surface area (Å²) in [5.41, 5.74) is 5.19. The first kappa shape index (κ1) is 8.27. The third-order valence-corrected chi connectivity index (χ3v) is 1.75. The summed E-state index contributed by atoms with van der Waals surface area (Å²) in [6.07, 6.45) is 0. The molecule has 1 aromatic rings. The molecule has 1 heterocycles. The van der Waals surface area contributed by atoms with E-state index in [0.29, 0.717) is 12.3 Å². The van der Waals surface area contributed by atoms with Crippen LogP contribution in [0.25, 0.3) is 0 Å². The highest BCUT2D eigenvalue weighted by atomic mass is 19.1. The van der Waals surface area contributed by atoms with Crippen molar-refractivity contribution in [3.05, 3.63) is 23.9 Å². The van der Waals surface area contributed by atoms with Gasteiger partial charge in [0.25, 0.3) is 6.01 Å². The van der Waals surface area contributed by atoms with E-state index in [4.69, 9.17) is 10.2 Å². The summed E-state index contributed by atoms with van der Waals surface area (Å²) in [6.45, 7) is 4.26. The molecule has 0 bridgehead atoms. The Kier molecular flexibility index (Phi) is 2.00. The van der Waals surface area contributed by atoms with E-state index in [1.54, 1.807) is 6.07 Å².